The summed E-state index contributed by atoms with van der Waals surface area (Å²) in [5.41, 5.74) is 0.826. The van der Waals surface area contributed by atoms with Gasteiger partial charge in [0.15, 0.2) is 0 Å². The molecular formula is C13H15F2NO. The molecule has 1 aromatic heterocycles. The molecule has 1 atom stereocenters. The molecule has 2 nitrogen and oxygen atoms in total. The molecule has 1 unspecified atom stereocenters. The largest absolute Gasteiger partial charge is 0.431 e. The van der Waals surface area contributed by atoms with Gasteiger partial charge >= 0.3 is 0 Å². The normalized spacial score (nSPS) is 13.2. The van der Waals surface area contributed by atoms with Crippen LogP contribution in [0, 0.1) is 11.8 Å². The molecule has 0 bridgehead atoms. The Kier molecular flexibility index (Phi) is 3.43. The Hall–Kier alpha value is -1.42. The summed E-state index contributed by atoms with van der Waals surface area (Å²) in [6.07, 6.45) is 0.572. The molecule has 0 saturated carbocycles. The van der Waals surface area contributed by atoms with E-state index >= 15 is 0 Å². The molecule has 0 radical (unpaired) electrons. The van der Waals surface area contributed by atoms with Crippen molar-refractivity contribution in [2.24, 2.45) is 0 Å². The molecule has 0 spiro atoms. The van der Waals surface area contributed by atoms with Gasteiger partial charge in [0.25, 0.3) is 6.01 Å². The second-order valence-electron chi connectivity index (χ2n) is 4.19. The number of halogens is 2. The van der Waals surface area contributed by atoms with Crippen LogP contribution in [0.4, 0.5) is 8.78 Å². The van der Waals surface area contributed by atoms with E-state index in [-0.39, 0.29) is 17.4 Å². The molecule has 2 rings (SSSR count). The maximum atomic E-state index is 13.7. The van der Waals surface area contributed by atoms with Gasteiger partial charge in [-0.15, -0.1) is 0 Å². The fourth-order valence-electron chi connectivity index (χ4n) is 1.98. The fourth-order valence-corrected chi connectivity index (χ4v) is 1.98. The predicted molar refractivity (Wildman–Crippen MR) is 63.0 cm³/mol. The van der Waals surface area contributed by atoms with Gasteiger partial charge in [-0.1, -0.05) is 6.92 Å². The van der Waals surface area contributed by atoms with Crippen LogP contribution in [0.1, 0.15) is 19.4 Å². The van der Waals surface area contributed by atoms with Gasteiger partial charge in [-0.2, -0.15) is 4.39 Å². The van der Waals surface area contributed by atoms with Crippen molar-refractivity contribution >= 4 is 11.0 Å². The number of hydrogen-bond donors (Lipinski definition) is 1. The van der Waals surface area contributed by atoms with E-state index in [2.05, 4.69) is 5.32 Å². The van der Waals surface area contributed by atoms with E-state index in [1.807, 2.05) is 13.8 Å². The molecule has 0 amide bonds. The van der Waals surface area contributed by atoms with Crippen molar-refractivity contribution in [3.05, 3.63) is 35.6 Å². The monoisotopic (exact) mass is 239 g/mol. The van der Waals surface area contributed by atoms with Gasteiger partial charge in [-0.3, -0.25) is 0 Å². The molecule has 0 fully saturated rings. The van der Waals surface area contributed by atoms with Crippen LogP contribution in [0.3, 0.4) is 0 Å². The summed E-state index contributed by atoms with van der Waals surface area (Å²) in [5, 5.41) is 3.81. The van der Waals surface area contributed by atoms with Crippen molar-refractivity contribution in [2.75, 3.05) is 6.54 Å². The van der Waals surface area contributed by atoms with E-state index in [1.54, 1.807) is 6.07 Å². The van der Waals surface area contributed by atoms with Crippen LogP contribution in [0.5, 0.6) is 0 Å². The molecule has 0 aliphatic carbocycles. The summed E-state index contributed by atoms with van der Waals surface area (Å²) in [7, 11) is 0. The minimum atomic E-state index is -0.684. The lowest BCUT2D eigenvalue weighted by Crippen LogP contribution is -2.27. The van der Waals surface area contributed by atoms with Crippen molar-refractivity contribution in [3.63, 3.8) is 0 Å². The number of nitrogens with one attached hydrogen (secondary N) is 1. The number of fused-ring (bicyclic) bond motifs is 1. The molecule has 4 heteroatoms. The van der Waals surface area contributed by atoms with E-state index < -0.39 is 6.01 Å². The van der Waals surface area contributed by atoms with Gasteiger partial charge in [0, 0.05) is 23.6 Å². The first kappa shape index (κ1) is 12.0. The quantitative estimate of drug-likeness (QED) is 0.886. The lowest BCUT2D eigenvalue weighted by molar-refractivity contribution is 0.380. The third-order valence-electron chi connectivity index (χ3n) is 2.73. The summed E-state index contributed by atoms with van der Waals surface area (Å²) in [6.45, 7) is 4.83. The lowest BCUT2D eigenvalue weighted by atomic mass is 10.0. The number of benzene rings is 1. The Morgan fingerprint density at radius 3 is 2.76 bits per heavy atom. The standard InChI is InChI=1S/C13H15F2NO/c1-3-16-8(2)4-9-5-10-6-13(15)17-12(10)7-11(9)14/h5-8,16H,3-4H2,1-2H3. The third-order valence-corrected chi connectivity index (χ3v) is 2.73. The van der Waals surface area contributed by atoms with Crippen LogP contribution < -0.4 is 5.32 Å². The van der Waals surface area contributed by atoms with Crippen LogP contribution in [0.2, 0.25) is 0 Å². The van der Waals surface area contributed by atoms with Gasteiger partial charge < -0.3 is 9.73 Å². The third kappa shape index (κ3) is 2.64. The second-order valence-corrected chi connectivity index (χ2v) is 4.19. The summed E-state index contributed by atoms with van der Waals surface area (Å²) >= 11 is 0. The second kappa shape index (κ2) is 4.84. The summed E-state index contributed by atoms with van der Waals surface area (Å²) < 4.78 is 31.3. The zero-order valence-corrected chi connectivity index (χ0v) is 9.89. The first-order chi connectivity index (χ1) is 8.10. The van der Waals surface area contributed by atoms with Gasteiger partial charge in [0.05, 0.1) is 0 Å². The first-order valence-electron chi connectivity index (χ1n) is 5.71. The van der Waals surface area contributed by atoms with Crippen molar-refractivity contribution in [2.45, 2.75) is 26.3 Å². The Bertz CT molecular complexity index is 521. The number of hydrogen-bond acceptors (Lipinski definition) is 2. The molecule has 2 aromatic rings. The summed E-state index contributed by atoms with van der Waals surface area (Å²) in [6, 6.07) is 3.66. The SMILES string of the molecule is CCNC(C)Cc1cc2cc(F)oc2cc1F. The number of likely N-dealkylation sites (N-methyl/N-ethyl adjacent to an activating group) is 1. The van der Waals surface area contributed by atoms with Crippen LogP contribution in [0.25, 0.3) is 11.0 Å². The van der Waals surface area contributed by atoms with Gasteiger partial charge in [-0.25, -0.2) is 4.39 Å². The average molecular weight is 239 g/mol. The molecule has 92 valence electrons. The number of furan rings is 1. The van der Waals surface area contributed by atoms with Crippen molar-refractivity contribution in [1.82, 2.24) is 5.32 Å². The van der Waals surface area contributed by atoms with Crippen LogP contribution >= 0.6 is 0 Å². The molecular weight excluding hydrogens is 224 g/mol. The zero-order valence-electron chi connectivity index (χ0n) is 9.89. The van der Waals surface area contributed by atoms with Crippen molar-refractivity contribution < 1.29 is 13.2 Å². The van der Waals surface area contributed by atoms with Crippen molar-refractivity contribution in [1.29, 1.82) is 0 Å². The van der Waals surface area contributed by atoms with E-state index in [4.69, 9.17) is 4.42 Å². The molecule has 1 N–H and O–H groups in total. The molecule has 0 aliphatic heterocycles. The minimum Gasteiger partial charge on any atom is -0.431 e. The lowest BCUT2D eigenvalue weighted by Gasteiger charge is -2.12. The van der Waals surface area contributed by atoms with Gasteiger partial charge in [0.2, 0.25) is 0 Å². The highest BCUT2D eigenvalue weighted by Crippen LogP contribution is 2.23. The first-order valence-corrected chi connectivity index (χ1v) is 5.71. The van der Waals surface area contributed by atoms with Crippen molar-refractivity contribution in [3.8, 4) is 0 Å². The highest BCUT2D eigenvalue weighted by molar-refractivity contribution is 5.78. The average Bonchev–Trinajstić information content (AvgIpc) is 2.58. The topological polar surface area (TPSA) is 25.2 Å². The van der Waals surface area contributed by atoms with E-state index in [0.29, 0.717) is 17.4 Å². The van der Waals surface area contributed by atoms with Crippen LogP contribution in [-0.2, 0) is 6.42 Å². The summed E-state index contributed by atoms with van der Waals surface area (Å²) in [5.74, 6) is -0.350. The van der Waals surface area contributed by atoms with E-state index in [9.17, 15) is 8.78 Å². The zero-order chi connectivity index (χ0) is 12.4. The molecule has 0 saturated heterocycles. The summed E-state index contributed by atoms with van der Waals surface area (Å²) in [4.78, 5) is 0. The van der Waals surface area contributed by atoms with Gasteiger partial charge in [0.1, 0.15) is 11.4 Å². The van der Waals surface area contributed by atoms with Crippen LogP contribution in [0.15, 0.2) is 22.6 Å². The minimum absolute atomic E-state index is 0.184. The number of rotatable bonds is 4. The molecule has 17 heavy (non-hydrogen) atoms. The molecule has 1 aromatic carbocycles. The fraction of sp³-hybridized carbons (Fsp3) is 0.385. The molecule has 0 aliphatic rings. The smallest absolute Gasteiger partial charge is 0.278 e. The Morgan fingerprint density at radius 2 is 2.06 bits per heavy atom. The Morgan fingerprint density at radius 1 is 1.29 bits per heavy atom. The maximum absolute atomic E-state index is 13.7. The Balaban J connectivity index is 2.30. The predicted octanol–water partition coefficient (Wildman–Crippen LogP) is 3.25. The highest BCUT2D eigenvalue weighted by Gasteiger charge is 2.11. The maximum Gasteiger partial charge on any atom is 0.278 e. The van der Waals surface area contributed by atoms with Gasteiger partial charge in [-0.05, 0) is 31.5 Å². The molecule has 1 heterocycles. The van der Waals surface area contributed by atoms with Crippen LogP contribution in [-0.4, -0.2) is 12.6 Å². The Labute approximate surface area is 98.6 Å². The van der Waals surface area contributed by atoms with E-state index in [0.717, 1.165) is 6.54 Å². The highest BCUT2D eigenvalue weighted by atomic mass is 19.1. The van der Waals surface area contributed by atoms with E-state index in [1.165, 1.54) is 12.1 Å².